The van der Waals surface area contributed by atoms with Crippen molar-refractivity contribution in [1.29, 1.82) is 0 Å². The molecule has 0 fully saturated rings. The number of rotatable bonds is 4. The predicted molar refractivity (Wildman–Crippen MR) is 74.7 cm³/mol. The first kappa shape index (κ1) is 17.8. The second kappa shape index (κ2) is 6.65. The molecule has 10 heteroatoms. The van der Waals surface area contributed by atoms with Gasteiger partial charge in [-0.3, -0.25) is 4.79 Å². The number of hydrogen-bond acceptors (Lipinski definition) is 5. The van der Waals surface area contributed by atoms with Gasteiger partial charge >= 0.3 is 12.1 Å². The van der Waals surface area contributed by atoms with Crippen LogP contribution in [-0.4, -0.2) is 22.6 Å². The molecule has 0 aliphatic rings. The molecule has 0 saturated carbocycles. The Labute approximate surface area is 129 Å². The van der Waals surface area contributed by atoms with Gasteiger partial charge in [0.2, 0.25) is 5.82 Å². The average molecular weight is 337 g/mol. The second-order valence-corrected chi connectivity index (χ2v) is 4.08. The zero-order valence-electron chi connectivity index (χ0n) is 11.3. The molecule has 0 saturated heterocycles. The highest BCUT2D eigenvalue weighted by Gasteiger charge is 2.38. The Hall–Kier alpha value is -2.29. The van der Waals surface area contributed by atoms with E-state index in [1.165, 1.54) is 18.2 Å². The Morgan fingerprint density at radius 3 is 2.59 bits per heavy atom. The van der Waals surface area contributed by atoms with E-state index >= 15 is 0 Å². The first-order chi connectivity index (χ1) is 9.82. The number of aromatic nitrogens is 2. The topological polar surface area (TPSA) is 94.0 Å². The number of benzene rings is 1. The summed E-state index contributed by atoms with van der Waals surface area (Å²) in [6, 6.07) is 4.22. The zero-order chi connectivity index (χ0) is 15.6. The van der Waals surface area contributed by atoms with Crippen molar-refractivity contribution in [1.82, 2.24) is 10.1 Å². The number of amides is 1. The number of anilines is 1. The van der Waals surface area contributed by atoms with Crippen molar-refractivity contribution in [3.63, 3.8) is 0 Å². The van der Waals surface area contributed by atoms with Gasteiger partial charge in [0, 0.05) is 17.8 Å². The Morgan fingerprint density at radius 1 is 1.41 bits per heavy atom. The van der Waals surface area contributed by atoms with E-state index in [0.29, 0.717) is 12.2 Å². The maximum absolute atomic E-state index is 12.4. The fourth-order valence-electron chi connectivity index (χ4n) is 1.69. The van der Waals surface area contributed by atoms with Crippen LogP contribution >= 0.6 is 12.4 Å². The van der Waals surface area contributed by atoms with Crippen LogP contribution in [0.4, 0.5) is 18.9 Å². The summed E-state index contributed by atoms with van der Waals surface area (Å²) in [5.74, 6) is -2.31. The number of carbonyl (C=O) groups is 1. The minimum absolute atomic E-state index is 0. The van der Waals surface area contributed by atoms with E-state index in [0.717, 1.165) is 0 Å². The molecule has 2 rings (SSSR count). The lowest BCUT2D eigenvalue weighted by Crippen LogP contribution is -2.14. The van der Waals surface area contributed by atoms with Crippen molar-refractivity contribution < 1.29 is 22.5 Å². The molecule has 1 heterocycles. The third-order valence-electron chi connectivity index (χ3n) is 2.58. The third kappa shape index (κ3) is 3.67. The Kier molecular flexibility index (Phi) is 5.37. The van der Waals surface area contributed by atoms with E-state index in [-0.39, 0.29) is 29.4 Å². The summed E-state index contributed by atoms with van der Waals surface area (Å²) in [6.45, 7) is 2.30. The Balaban J connectivity index is 0.00000242. The number of nitrogens with zero attached hydrogens (tertiary/aromatic N) is 2. The normalized spacial score (nSPS) is 10.9. The van der Waals surface area contributed by atoms with Crippen LogP contribution in [0.5, 0.6) is 0 Å². The van der Waals surface area contributed by atoms with Gasteiger partial charge in [-0.1, -0.05) is 11.2 Å². The molecule has 22 heavy (non-hydrogen) atoms. The molecule has 0 bridgehead atoms. The highest BCUT2D eigenvalue weighted by atomic mass is 35.5. The molecular formula is C12H12ClF3N4O2. The molecular weight excluding hydrogens is 325 g/mol. The SMILES string of the molecule is CCNc1cc(-c2noc(C(F)(F)F)n2)ccc1C(N)=O.Cl. The molecule has 0 aliphatic heterocycles. The van der Waals surface area contributed by atoms with E-state index in [9.17, 15) is 18.0 Å². The number of halogens is 4. The molecule has 1 amide bonds. The largest absolute Gasteiger partial charge is 0.471 e. The lowest BCUT2D eigenvalue weighted by Gasteiger charge is -2.09. The first-order valence-electron chi connectivity index (χ1n) is 5.92. The lowest BCUT2D eigenvalue weighted by atomic mass is 10.1. The minimum atomic E-state index is -4.71. The third-order valence-corrected chi connectivity index (χ3v) is 2.58. The smallest absolute Gasteiger partial charge is 0.385 e. The number of hydrogen-bond donors (Lipinski definition) is 2. The quantitative estimate of drug-likeness (QED) is 0.895. The van der Waals surface area contributed by atoms with Gasteiger partial charge in [0.15, 0.2) is 0 Å². The van der Waals surface area contributed by atoms with Crippen molar-refractivity contribution in [3.8, 4) is 11.4 Å². The Morgan fingerprint density at radius 2 is 2.09 bits per heavy atom. The van der Waals surface area contributed by atoms with Crippen LogP contribution in [0.2, 0.25) is 0 Å². The highest BCUT2D eigenvalue weighted by molar-refractivity contribution is 5.99. The molecule has 0 atom stereocenters. The summed E-state index contributed by atoms with van der Waals surface area (Å²) < 4.78 is 41.4. The Bertz CT molecular complexity index is 673. The fraction of sp³-hybridized carbons (Fsp3) is 0.250. The lowest BCUT2D eigenvalue weighted by molar-refractivity contribution is -0.159. The van der Waals surface area contributed by atoms with E-state index in [4.69, 9.17) is 5.73 Å². The van der Waals surface area contributed by atoms with Gasteiger partial charge in [0.1, 0.15) is 0 Å². The summed E-state index contributed by atoms with van der Waals surface area (Å²) in [6.07, 6.45) is -4.71. The van der Waals surface area contributed by atoms with Crippen molar-refractivity contribution >= 4 is 24.0 Å². The number of nitrogens with two attached hydrogens (primary N) is 1. The van der Waals surface area contributed by atoms with Gasteiger partial charge in [0.05, 0.1) is 5.56 Å². The standard InChI is InChI=1S/C12H11F3N4O2.ClH/c1-2-17-8-5-6(3-4-7(8)9(16)20)10-18-11(21-19-10)12(13,14)15;/h3-5,17H,2H2,1H3,(H2,16,20);1H. The molecule has 1 aromatic heterocycles. The van der Waals surface area contributed by atoms with Crippen LogP contribution < -0.4 is 11.1 Å². The summed E-state index contributed by atoms with van der Waals surface area (Å²) in [5.41, 5.74) is 6.10. The van der Waals surface area contributed by atoms with Gasteiger partial charge in [-0.05, 0) is 19.1 Å². The van der Waals surface area contributed by atoms with Gasteiger partial charge < -0.3 is 15.6 Å². The average Bonchev–Trinajstić information content (AvgIpc) is 2.88. The van der Waals surface area contributed by atoms with Crippen LogP contribution in [0.1, 0.15) is 23.2 Å². The number of primary amides is 1. The number of nitrogens with one attached hydrogen (secondary N) is 1. The molecule has 2 aromatic rings. The maximum Gasteiger partial charge on any atom is 0.471 e. The molecule has 0 unspecified atom stereocenters. The summed E-state index contributed by atoms with van der Waals surface area (Å²) in [4.78, 5) is 14.5. The van der Waals surface area contributed by atoms with Crippen LogP contribution in [0, 0.1) is 0 Å². The van der Waals surface area contributed by atoms with Crippen LogP contribution in [-0.2, 0) is 6.18 Å². The summed E-state index contributed by atoms with van der Waals surface area (Å²) in [7, 11) is 0. The molecule has 1 aromatic carbocycles. The molecule has 0 spiro atoms. The molecule has 120 valence electrons. The zero-order valence-corrected chi connectivity index (χ0v) is 12.1. The van der Waals surface area contributed by atoms with Crippen molar-refractivity contribution in [3.05, 3.63) is 29.7 Å². The minimum Gasteiger partial charge on any atom is -0.385 e. The van der Waals surface area contributed by atoms with E-state index in [1.807, 2.05) is 0 Å². The molecule has 6 nitrogen and oxygen atoms in total. The van der Waals surface area contributed by atoms with Crippen molar-refractivity contribution in [2.75, 3.05) is 11.9 Å². The molecule has 3 N–H and O–H groups in total. The van der Waals surface area contributed by atoms with Gasteiger partial charge in [-0.25, -0.2) is 0 Å². The van der Waals surface area contributed by atoms with Crippen molar-refractivity contribution in [2.24, 2.45) is 5.73 Å². The van der Waals surface area contributed by atoms with Crippen LogP contribution in [0.25, 0.3) is 11.4 Å². The number of alkyl halides is 3. The van der Waals surface area contributed by atoms with E-state index < -0.39 is 18.0 Å². The van der Waals surface area contributed by atoms with Crippen molar-refractivity contribution in [2.45, 2.75) is 13.1 Å². The maximum atomic E-state index is 12.4. The van der Waals surface area contributed by atoms with E-state index in [2.05, 4.69) is 20.0 Å². The second-order valence-electron chi connectivity index (χ2n) is 4.08. The van der Waals surface area contributed by atoms with Gasteiger partial charge in [0.25, 0.3) is 5.91 Å². The molecule has 0 aliphatic carbocycles. The molecule has 0 radical (unpaired) electrons. The first-order valence-corrected chi connectivity index (χ1v) is 5.92. The van der Waals surface area contributed by atoms with Gasteiger partial charge in [-0.15, -0.1) is 12.4 Å². The number of carbonyl (C=O) groups excluding carboxylic acids is 1. The fourth-order valence-corrected chi connectivity index (χ4v) is 1.69. The predicted octanol–water partition coefficient (Wildman–Crippen LogP) is 2.71. The summed E-state index contributed by atoms with van der Waals surface area (Å²) >= 11 is 0. The summed E-state index contributed by atoms with van der Waals surface area (Å²) in [5, 5.41) is 6.17. The van der Waals surface area contributed by atoms with Crippen LogP contribution in [0.15, 0.2) is 22.7 Å². The highest BCUT2D eigenvalue weighted by Crippen LogP contribution is 2.30. The van der Waals surface area contributed by atoms with E-state index in [1.54, 1.807) is 6.92 Å². The van der Waals surface area contributed by atoms with Crippen LogP contribution in [0.3, 0.4) is 0 Å². The van der Waals surface area contributed by atoms with Gasteiger partial charge in [-0.2, -0.15) is 18.2 Å². The monoisotopic (exact) mass is 336 g/mol.